The maximum absolute atomic E-state index is 11.5. The zero-order chi connectivity index (χ0) is 15.2. The van der Waals surface area contributed by atoms with Gasteiger partial charge in [0.05, 0.1) is 0 Å². The molecule has 0 saturated carbocycles. The summed E-state index contributed by atoms with van der Waals surface area (Å²) < 4.78 is 0.746. The molecule has 0 aliphatic rings. The highest BCUT2D eigenvalue weighted by atomic mass is 79.9. The highest BCUT2D eigenvalue weighted by Gasteiger charge is 2.18. The molecular weight excluding hydrogens is 320 g/mol. The van der Waals surface area contributed by atoms with Gasteiger partial charge in [-0.15, -0.1) is 0 Å². The average molecular weight is 343 g/mol. The van der Waals surface area contributed by atoms with Gasteiger partial charge in [-0.05, 0) is 22.4 Å². The van der Waals surface area contributed by atoms with Crippen molar-refractivity contribution in [3.8, 4) is 0 Å². The average Bonchev–Trinajstić information content (AvgIpc) is 2.34. The van der Waals surface area contributed by atoms with Gasteiger partial charge in [0.15, 0.2) is 0 Å². The summed E-state index contributed by atoms with van der Waals surface area (Å²) in [5.41, 5.74) is -0.112. The normalized spacial score (nSPS) is 11.2. The van der Waals surface area contributed by atoms with Crippen LogP contribution in [0.2, 0.25) is 0 Å². The molecule has 0 spiro atoms. The van der Waals surface area contributed by atoms with E-state index in [9.17, 15) is 4.79 Å². The van der Waals surface area contributed by atoms with E-state index < -0.39 is 0 Å². The molecule has 0 atom stereocenters. The summed E-state index contributed by atoms with van der Waals surface area (Å²) in [6, 6.07) is 1.82. The summed E-state index contributed by atoms with van der Waals surface area (Å²) in [4.78, 5) is 20.3. The molecular formula is C14H23BrN4O. The molecule has 0 bridgehead atoms. The first kappa shape index (κ1) is 16.9. The topological polar surface area (TPSA) is 66.9 Å². The Kier molecular flexibility index (Phi) is 6.39. The van der Waals surface area contributed by atoms with Crippen LogP contribution in [0.3, 0.4) is 0 Å². The molecule has 1 aromatic heterocycles. The minimum atomic E-state index is -0.112. The first-order valence-corrected chi connectivity index (χ1v) is 7.68. The van der Waals surface area contributed by atoms with Crippen LogP contribution in [0.15, 0.2) is 10.7 Å². The zero-order valence-electron chi connectivity index (χ0n) is 12.6. The number of hydrogen-bond donors (Lipinski definition) is 2. The SMILES string of the molecule is CCCNC(=O)CCNc1cc(Br)nc(C(C)(C)C)n1. The van der Waals surface area contributed by atoms with Crippen LogP contribution >= 0.6 is 15.9 Å². The number of anilines is 1. The van der Waals surface area contributed by atoms with Gasteiger partial charge in [0, 0.05) is 31.0 Å². The number of rotatable bonds is 6. The van der Waals surface area contributed by atoms with Crippen molar-refractivity contribution < 1.29 is 4.79 Å². The summed E-state index contributed by atoms with van der Waals surface area (Å²) in [5, 5.41) is 6.01. The van der Waals surface area contributed by atoms with Gasteiger partial charge in [-0.25, -0.2) is 9.97 Å². The van der Waals surface area contributed by atoms with Gasteiger partial charge in [-0.2, -0.15) is 0 Å². The molecule has 0 radical (unpaired) electrons. The monoisotopic (exact) mass is 342 g/mol. The molecule has 1 aromatic rings. The van der Waals surface area contributed by atoms with Crippen LogP contribution in [0.5, 0.6) is 0 Å². The molecule has 5 nitrogen and oxygen atoms in total. The van der Waals surface area contributed by atoms with E-state index in [-0.39, 0.29) is 11.3 Å². The summed E-state index contributed by atoms with van der Waals surface area (Å²) in [7, 11) is 0. The summed E-state index contributed by atoms with van der Waals surface area (Å²) >= 11 is 3.39. The smallest absolute Gasteiger partial charge is 0.221 e. The van der Waals surface area contributed by atoms with E-state index in [1.165, 1.54) is 0 Å². The summed E-state index contributed by atoms with van der Waals surface area (Å²) in [6.07, 6.45) is 1.39. The van der Waals surface area contributed by atoms with E-state index in [0.717, 1.165) is 29.2 Å². The van der Waals surface area contributed by atoms with Crippen LogP contribution in [0, 0.1) is 0 Å². The quantitative estimate of drug-likeness (QED) is 0.780. The molecule has 0 unspecified atom stereocenters. The molecule has 112 valence electrons. The van der Waals surface area contributed by atoms with Gasteiger partial charge < -0.3 is 10.6 Å². The molecule has 0 fully saturated rings. The second-order valence-corrected chi connectivity index (χ2v) is 6.49. The third kappa shape index (κ3) is 5.86. The van der Waals surface area contributed by atoms with Gasteiger partial charge >= 0.3 is 0 Å². The van der Waals surface area contributed by atoms with E-state index in [1.807, 2.05) is 13.0 Å². The first-order chi connectivity index (χ1) is 9.32. The third-order valence-electron chi connectivity index (χ3n) is 2.60. The number of nitrogens with one attached hydrogen (secondary N) is 2. The van der Waals surface area contributed by atoms with Crippen LogP contribution in [0.25, 0.3) is 0 Å². The molecule has 0 aliphatic heterocycles. The highest BCUT2D eigenvalue weighted by molar-refractivity contribution is 9.10. The lowest BCUT2D eigenvalue weighted by Crippen LogP contribution is -2.26. The van der Waals surface area contributed by atoms with Gasteiger partial charge in [-0.1, -0.05) is 27.7 Å². The fraction of sp³-hybridized carbons (Fsp3) is 0.643. The number of amides is 1. The largest absolute Gasteiger partial charge is 0.369 e. The standard InChI is InChI=1S/C14H23BrN4O/c1-5-7-17-12(20)6-8-16-11-9-10(15)18-13(19-11)14(2,3)4/h9H,5-8H2,1-4H3,(H,17,20)(H,16,18,19). The van der Waals surface area contributed by atoms with Crippen molar-refractivity contribution in [2.24, 2.45) is 0 Å². The predicted octanol–water partition coefficient (Wildman–Crippen LogP) is 2.86. The molecule has 2 N–H and O–H groups in total. The Labute approximate surface area is 129 Å². The fourth-order valence-electron chi connectivity index (χ4n) is 1.50. The van der Waals surface area contributed by atoms with Crippen LogP contribution in [0.4, 0.5) is 5.82 Å². The maximum Gasteiger partial charge on any atom is 0.221 e. The number of carbonyl (C=O) groups excluding carboxylic acids is 1. The number of halogens is 1. The Morgan fingerprint density at radius 2 is 2.00 bits per heavy atom. The molecule has 0 aliphatic carbocycles. The van der Waals surface area contributed by atoms with Crippen molar-refractivity contribution in [2.45, 2.75) is 46.0 Å². The minimum Gasteiger partial charge on any atom is -0.369 e. The Balaban J connectivity index is 2.56. The van der Waals surface area contributed by atoms with Gasteiger partial charge in [-0.3, -0.25) is 4.79 Å². The lowest BCUT2D eigenvalue weighted by atomic mass is 9.96. The molecule has 20 heavy (non-hydrogen) atoms. The van der Waals surface area contributed by atoms with Crippen molar-refractivity contribution in [2.75, 3.05) is 18.4 Å². The van der Waals surface area contributed by atoms with Crippen LogP contribution in [-0.4, -0.2) is 29.0 Å². The van der Waals surface area contributed by atoms with Crippen molar-refractivity contribution >= 4 is 27.7 Å². The lowest BCUT2D eigenvalue weighted by Gasteiger charge is -2.17. The highest BCUT2D eigenvalue weighted by Crippen LogP contribution is 2.22. The molecule has 0 saturated heterocycles. The first-order valence-electron chi connectivity index (χ1n) is 6.88. The van der Waals surface area contributed by atoms with E-state index >= 15 is 0 Å². The van der Waals surface area contributed by atoms with Crippen LogP contribution in [-0.2, 0) is 10.2 Å². The van der Waals surface area contributed by atoms with E-state index in [0.29, 0.717) is 13.0 Å². The molecule has 1 heterocycles. The Hall–Kier alpha value is -1.17. The third-order valence-corrected chi connectivity index (χ3v) is 3.00. The predicted molar refractivity (Wildman–Crippen MR) is 84.8 cm³/mol. The number of carbonyl (C=O) groups is 1. The van der Waals surface area contributed by atoms with E-state index in [4.69, 9.17) is 0 Å². The molecule has 0 aromatic carbocycles. The second kappa shape index (κ2) is 7.57. The minimum absolute atomic E-state index is 0.0588. The Morgan fingerprint density at radius 3 is 2.60 bits per heavy atom. The zero-order valence-corrected chi connectivity index (χ0v) is 14.2. The van der Waals surface area contributed by atoms with Crippen molar-refractivity contribution in [3.05, 3.63) is 16.5 Å². The van der Waals surface area contributed by atoms with Crippen molar-refractivity contribution in [1.82, 2.24) is 15.3 Å². The van der Waals surface area contributed by atoms with Gasteiger partial charge in [0.2, 0.25) is 5.91 Å². The molecule has 1 rings (SSSR count). The molecule has 6 heteroatoms. The van der Waals surface area contributed by atoms with Gasteiger partial charge in [0.25, 0.3) is 0 Å². The Bertz CT molecular complexity index is 457. The lowest BCUT2D eigenvalue weighted by molar-refractivity contribution is -0.120. The fourth-order valence-corrected chi connectivity index (χ4v) is 1.89. The number of aromatic nitrogens is 2. The van der Waals surface area contributed by atoms with Gasteiger partial charge in [0.1, 0.15) is 16.2 Å². The number of hydrogen-bond acceptors (Lipinski definition) is 4. The second-order valence-electron chi connectivity index (χ2n) is 5.68. The van der Waals surface area contributed by atoms with E-state index in [2.05, 4.69) is 57.3 Å². The van der Waals surface area contributed by atoms with Crippen molar-refractivity contribution in [3.63, 3.8) is 0 Å². The summed E-state index contributed by atoms with van der Waals surface area (Å²) in [5.74, 6) is 1.56. The van der Waals surface area contributed by atoms with E-state index in [1.54, 1.807) is 0 Å². The number of nitrogens with zero attached hydrogens (tertiary/aromatic N) is 2. The van der Waals surface area contributed by atoms with Crippen molar-refractivity contribution in [1.29, 1.82) is 0 Å². The van der Waals surface area contributed by atoms with Crippen LogP contribution < -0.4 is 10.6 Å². The maximum atomic E-state index is 11.5. The van der Waals surface area contributed by atoms with Crippen LogP contribution in [0.1, 0.15) is 46.4 Å². The molecule has 1 amide bonds. The Morgan fingerprint density at radius 1 is 1.30 bits per heavy atom. The summed E-state index contributed by atoms with van der Waals surface area (Å²) in [6.45, 7) is 9.52.